The van der Waals surface area contributed by atoms with Crippen LogP contribution in [-0.4, -0.2) is 67.3 Å². The van der Waals surface area contributed by atoms with Crippen LogP contribution in [0.1, 0.15) is 24.5 Å². The number of allylic oxidation sites excluding steroid dienone is 1. The van der Waals surface area contributed by atoms with E-state index in [0.717, 1.165) is 21.9 Å². The Hall–Kier alpha value is -3.97. The number of nitrogens with zero attached hydrogens (tertiary/aromatic N) is 2. The van der Waals surface area contributed by atoms with Gasteiger partial charge in [-0.3, -0.25) is 14.4 Å². The molecule has 0 saturated carbocycles. The van der Waals surface area contributed by atoms with Crippen LogP contribution in [0.3, 0.4) is 0 Å². The van der Waals surface area contributed by atoms with E-state index in [1.165, 1.54) is 15.9 Å². The predicted molar refractivity (Wildman–Crippen MR) is 157 cm³/mol. The summed E-state index contributed by atoms with van der Waals surface area (Å²) in [5, 5.41) is 4.85. The maximum Gasteiger partial charge on any atom is 0.246 e. The summed E-state index contributed by atoms with van der Waals surface area (Å²) < 4.78 is 0. The third-order valence-electron chi connectivity index (χ3n) is 7.18. The minimum atomic E-state index is -0.803. The number of likely N-dealkylation sites (N-methyl/N-ethyl adjacent to an activating group) is 3. The molecule has 3 N–H and O–H groups in total. The molecule has 0 heterocycles. The highest BCUT2D eigenvalue weighted by atomic mass is 16.2. The summed E-state index contributed by atoms with van der Waals surface area (Å²) in [6.45, 7) is 2.55. The zero-order valence-corrected chi connectivity index (χ0v) is 23.3. The Labute approximate surface area is 231 Å². The molecule has 3 rings (SSSR count). The summed E-state index contributed by atoms with van der Waals surface area (Å²) in [7, 11) is 4.84. The van der Waals surface area contributed by atoms with Crippen molar-refractivity contribution in [3.63, 3.8) is 0 Å². The van der Waals surface area contributed by atoms with Gasteiger partial charge in [-0.1, -0.05) is 85.8 Å². The monoisotopic (exact) mass is 528 g/mol. The fourth-order valence-electron chi connectivity index (χ4n) is 4.55. The van der Waals surface area contributed by atoms with Gasteiger partial charge in [0, 0.05) is 34.0 Å². The van der Waals surface area contributed by atoms with Crippen LogP contribution in [0.15, 0.2) is 84.9 Å². The van der Waals surface area contributed by atoms with E-state index in [4.69, 9.17) is 5.73 Å². The molecular formula is C32H40N4O3. The molecule has 39 heavy (non-hydrogen) atoms. The van der Waals surface area contributed by atoms with Gasteiger partial charge in [0.25, 0.3) is 0 Å². The molecule has 0 aliphatic carbocycles. The molecular weight excluding hydrogens is 488 g/mol. The van der Waals surface area contributed by atoms with Crippen molar-refractivity contribution in [1.29, 1.82) is 0 Å². The molecule has 3 aromatic rings. The van der Waals surface area contributed by atoms with E-state index in [1.54, 1.807) is 27.2 Å². The lowest BCUT2D eigenvalue weighted by molar-refractivity contribution is -0.146. The highest BCUT2D eigenvalue weighted by Crippen LogP contribution is 2.20. The van der Waals surface area contributed by atoms with Gasteiger partial charge in [-0.15, -0.1) is 0 Å². The number of carbonyl (C=O) groups excluding carboxylic acids is 3. The van der Waals surface area contributed by atoms with Crippen LogP contribution in [-0.2, 0) is 27.2 Å². The van der Waals surface area contributed by atoms with E-state index >= 15 is 0 Å². The Morgan fingerprint density at radius 2 is 1.49 bits per heavy atom. The van der Waals surface area contributed by atoms with Crippen LogP contribution in [0.25, 0.3) is 10.8 Å². The summed E-state index contributed by atoms with van der Waals surface area (Å²) >= 11 is 0. The smallest absolute Gasteiger partial charge is 0.246 e. The van der Waals surface area contributed by atoms with E-state index in [1.807, 2.05) is 79.7 Å². The summed E-state index contributed by atoms with van der Waals surface area (Å²) in [6, 6.07) is 22.1. The van der Waals surface area contributed by atoms with Gasteiger partial charge in [-0.25, -0.2) is 0 Å². The van der Waals surface area contributed by atoms with Crippen molar-refractivity contribution >= 4 is 28.5 Å². The number of benzene rings is 3. The molecule has 0 saturated heterocycles. The fourth-order valence-corrected chi connectivity index (χ4v) is 4.55. The Morgan fingerprint density at radius 3 is 2.15 bits per heavy atom. The Balaban J connectivity index is 1.92. The molecule has 0 spiro atoms. The molecule has 3 amide bonds. The Bertz CT molecular complexity index is 1290. The second-order valence-corrected chi connectivity index (χ2v) is 10.1. The number of hydrogen-bond acceptors (Lipinski definition) is 4. The van der Waals surface area contributed by atoms with E-state index in [2.05, 4.69) is 5.32 Å². The highest BCUT2D eigenvalue weighted by Gasteiger charge is 2.34. The van der Waals surface area contributed by atoms with Crippen LogP contribution in [0.2, 0.25) is 0 Å². The Kier molecular flexibility index (Phi) is 10.8. The van der Waals surface area contributed by atoms with Crippen molar-refractivity contribution in [2.45, 2.75) is 38.3 Å². The van der Waals surface area contributed by atoms with Crippen LogP contribution in [0.4, 0.5) is 0 Å². The molecule has 3 aromatic carbocycles. The van der Waals surface area contributed by atoms with E-state index in [9.17, 15) is 14.4 Å². The van der Waals surface area contributed by atoms with Gasteiger partial charge in [0.1, 0.15) is 12.1 Å². The molecule has 0 radical (unpaired) electrons. The lowest BCUT2D eigenvalue weighted by Crippen LogP contribution is -2.55. The Morgan fingerprint density at radius 1 is 0.846 bits per heavy atom. The van der Waals surface area contributed by atoms with Gasteiger partial charge in [-0.2, -0.15) is 0 Å². The van der Waals surface area contributed by atoms with Crippen molar-refractivity contribution in [2.24, 2.45) is 11.7 Å². The number of nitrogens with one attached hydrogen (secondary N) is 1. The topological polar surface area (TPSA) is 95.7 Å². The third-order valence-corrected chi connectivity index (χ3v) is 7.18. The van der Waals surface area contributed by atoms with Crippen LogP contribution in [0, 0.1) is 5.92 Å². The van der Waals surface area contributed by atoms with Gasteiger partial charge in [0.15, 0.2) is 0 Å². The van der Waals surface area contributed by atoms with Crippen molar-refractivity contribution in [2.75, 3.05) is 27.7 Å². The first kappa shape index (κ1) is 29.6. The number of amides is 3. The zero-order valence-electron chi connectivity index (χ0n) is 23.3. The summed E-state index contributed by atoms with van der Waals surface area (Å²) in [5.41, 5.74) is 7.58. The third kappa shape index (κ3) is 8.01. The van der Waals surface area contributed by atoms with Crippen LogP contribution >= 0.6 is 0 Å². The largest absolute Gasteiger partial charge is 0.357 e. The zero-order chi connectivity index (χ0) is 28.4. The predicted octanol–water partition coefficient (Wildman–Crippen LogP) is 3.57. The SMILES string of the molecule is CNC(=O)[C@@H](Cc1ccccc1)N(C)C(=O)[C@@H](Cc1ccc2ccccc2c1)N(C)C(=O)C=CCC(C)CN. The first-order valence-corrected chi connectivity index (χ1v) is 13.4. The van der Waals surface area contributed by atoms with Gasteiger partial charge >= 0.3 is 0 Å². The van der Waals surface area contributed by atoms with Crippen LogP contribution in [0.5, 0.6) is 0 Å². The van der Waals surface area contributed by atoms with E-state index < -0.39 is 12.1 Å². The minimum Gasteiger partial charge on any atom is -0.357 e. The average Bonchev–Trinajstić information content (AvgIpc) is 2.97. The first-order valence-electron chi connectivity index (χ1n) is 13.4. The second-order valence-electron chi connectivity index (χ2n) is 10.1. The molecule has 0 aliphatic heterocycles. The molecule has 3 atom stereocenters. The van der Waals surface area contributed by atoms with E-state index in [-0.39, 0.29) is 23.6 Å². The van der Waals surface area contributed by atoms with Gasteiger partial charge < -0.3 is 20.9 Å². The number of rotatable bonds is 12. The molecule has 7 nitrogen and oxygen atoms in total. The number of hydrogen-bond donors (Lipinski definition) is 2. The highest BCUT2D eigenvalue weighted by molar-refractivity contribution is 5.95. The molecule has 7 heteroatoms. The molecule has 0 aromatic heterocycles. The van der Waals surface area contributed by atoms with Gasteiger partial charge in [0.2, 0.25) is 17.7 Å². The fraction of sp³-hybridized carbons (Fsp3) is 0.344. The lowest BCUT2D eigenvalue weighted by atomic mass is 9.98. The molecule has 1 unspecified atom stereocenters. The first-order chi connectivity index (χ1) is 18.7. The average molecular weight is 529 g/mol. The van der Waals surface area contributed by atoms with Gasteiger partial charge in [0.05, 0.1) is 0 Å². The molecule has 0 fully saturated rings. The number of carbonyl (C=O) groups is 3. The van der Waals surface area contributed by atoms with Gasteiger partial charge in [-0.05, 0) is 46.9 Å². The van der Waals surface area contributed by atoms with Crippen LogP contribution < -0.4 is 11.1 Å². The van der Waals surface area contributed by atoms with Crippen molar-refractivity contribution < 1.29 is 14.4 Å². The molecule has 0 aliphatic rings. The quantitative estimate of drug-likeness (QED) is 0.352. The standard InChI is InChI=1S/C32H40N4O3/c1-23(22-33)11-10-16-30(37)35(3)29(21-25-17-18-26-14-8-9-15-27(26)19-25)32(39)36(4)28(31(38)34-2)20-24-12-6-5-7-13-24/h5-10,12-19,23,28-29H,11,20-22,33H2,1-4H3,(H,34,38)/t23?,28-,29-/m1/s1. The minimum absolute atomic E-state index is 0.256. The summed E-state index contributed by atoms with van der Waals surface area (Å²) in [6.07, 6.45) is 4.66. The molecule has 206 valence electrons. The summed E-state index contributed by atoms with van der Waals surface area (Å²) in [5.74, 6) is -0.575. The molecule has 0 bridgehead atoms. The second kappa shape index (κ2) is 14.3. The lowest BCUT2D eigenvalue weighted by Gasteiger charge is -2.34. The van der Waals surface area contributed by atoms with Crippen molar-refractivity contribution in [3.8, 4) is 0 Å². The number of fused-ring (bicyclic) bond motifs is 1. The number of nitrogens with two attached hydrogens (primary N) is 1. The maximum atomic E-state index is 14.0. The maximum absolute atomic E-state index is 14.0. The van der Waals surface area contributed by atoms with Crippen molar-refractivity contribution in [1.82, 2.24) is 15.1 Å². The summed E-state index contributed by atoms with van der Waals surface area (Å²) in [4.78, 5) is 43.1. The van der Waals surface area contributed by atoms with E-state index in [0.29, 0.717) is 25.8 Å². The normalized spacial score (nSPS) is 13.6. The van der Waals surface area contributed by atoms with Crippen molar-refractivity contribution in [3.05, 3.63) is 96.1 Å².